The maximum absolute atomic E-state index is 13.1. The number of nitrogens with one attached hydrogen (secondary N) is 1. The number of pyridine rings is 1. The summed E-state index contributed by atoms with van der Waals surface area (Å²) >= 11 is 0. The summed E-state index contributed by atoms with van der Waals surface area (Å²) in [7, 11) is 3.75. The van der Waals surface area contributed by atoms with E-state index in [1.165, 1.54) is 6.42 Å². The van der Waals surface area contributed by atoms with Crippen LogP contribution in [0.2, 0.25) is 0 Å². The molecule has 2 aliphatic rings. The van der Waals surface area contributed by atoms with Crippen molar-refractivity contribution in [2.45, 2.75) is 32.6 Å². The van der Waals surface area contributed by atoms with Crippen LogP contribution in [0.15, 0.2) is 12.3 Å². The van der Waals surface area contributed by atoms with Crippen LogP contribution >= 0.6 is 0 Å². The summed E-state index contributed by atoms with van der Waals surface area (Å²) in [5, 5.41) is 14.8. The zero-order chi connectivity index (χ0) is 23.8. The van der Waals surface area contributed by atoms with Gasteiger partial charge in [0.05, 0.1) is 37.9 Å². The molecule has 0 aliphatic carbocycles. The molecule has 0 bridgehead atoms. The van der Waals surface area contributed by atoms with E-state index < -0.39 is 0 Å². The van der Waals surface area contributed by atoms with Gasteiger partial charge >= 0.3 is 0 Å². The first-order chi connectivity index (χ1) is 16.0. The molecular weight excluding hydrogens is 426 g/mol. The number of likely N-dealkylation sites (tertiary alicyclic amines) is 1. The molecule has 33 heavy (non-hydrogen) atoms. The maximum atomic E-state index is 13.1. The van der Waals surface area contributed by atoms with Crippen LogP contribution in [0.3, 0.4) is 0 Å². The number of methoxy groups -OCH3 is 1. The lowest BCUT2D eigenvalue weighted by molar-refractivity contribution is -0.122. The molecule has 1 atom stereocenters. The summed E-state index contributed by atoms with van der Waals surface area (Å²) in [4.78, 5) is 28.2. The van der Waals surface area contributed by atoms with Gasteiger partial charge in [0.15, 0.2) is 5.69 Å². The van der Waals surface area contributed by atoms with E-state index in [9.17, 15) is 4.79 Å². The van der Waals surface area contributed by atoms with Crippen molar-refractivity contribution in [2.75, 3.05) is 47.0 Å². The van der Waals surface area contributed by atoms with Crippen LogP contribution in [-0.2, 0) is 22.4 Å². The van der Waals surface area contributed by atoms with Gasteiger partial charge in [0.25, 0.3) is 12.4 Å². The molecule has 1 unspecified atom stereocenters. The van der Waals surface area contributed by atoms with Crippen LogP contribution in [0.5, 0.6) is 5.88 Å². The average molecular weight is 460 g/mol. The van der Waals surface area contributed by atoms with Crippen LogP contribution in [0.4, 0.5) is 0 Å². The zero-order valence-corrected chi connectivity index (χ0v) is 19.5. The van der Waals surface area contributed by atoms with E-state index >= 15 is 0 Å². The molecule has 4 heterocycles. The summed E-state index contributed by atoms with van der Waals surface area (Å²) in [6.07, 6.45) is 5.48. The number of hydrogen-bond donors (Lipinski definition) is 2. The van der Waals surface area contributed by atoms with Gasteiger partial charge in [0.2, 0.25) is 5.88 Å². The van der Waals surface area contributed by atoms with Crippen molar-refractivity contribution >= 4 is 12.4 Å². The third kappa shape index (κ3) is 6.08. The number of piperidine rings is 1. The van der Waals surface area contributed by atoms with Crippen molar-refractivity contribution < 1.29 is 24.2 Å². The van der Waals surface area contributed by atoms with Crippen molar-refractivity contribution in [3.05, 3.63) is 34.8 Å². The molecule has 0 radical (unpaired) electrons. The smallest absolute Gasteiger partial charge is 0.290 e. The maximum Gasteiger partial charge on any atom is 0.290 e. The summed E-state index contributed by atoms with van der Waals surface area (Å²) < 4.78 is 12.8. The quantitative estimate of drug-likeness (QED) is 0.646. The van der Waals surface area contributed by atoms with Crippen molar-refractivity contribution in [1.29, 1.82) is 0 Å². The lowest BCUT2D eigenvalue weighted by Gasteiger charge is -2.29. The fourth-order valence-corrected chi connectivity index (χ4v) is 4.48. The molecule has 4 rings (SSSR count). The third-order valence-corrected chi connectivity index (χ3v) is 6.01. The monoisotopic (exact) mass is 459 g/mol. The minimum Gasteiger partial charge on any atom is -0.483 e. The molecule has 1 amide bonds. The van der Waals surface area contributed by atoms with Crippen molar-refractivity contribution in [2.24, 2.45) is 5.92 Å². The molecule has 2 aliphatic heterocycles. The highest BCUT2D eigenvalue weighted by atomic mass is 16.5. The molecular formula is C23H33N5O5. The molecule has 2 aromatic heterocycles. The number of nitrogens with zero attached hydrogens (tertiary/aromatic N) is 4. The number of carbonyl (C=O) groups is 2. The van der Waals surface area contributed by atoms with E-state index in [1.807, 2.05) is 17.7 Å². The van der Waals surface area contributed by atoms with Crippen molar-refractivity contribution in [1.82, 2.24) is 25.0 Å². The molecule has 0 spiro atoms. The van der Waals surface area contributed by atoms with Gasteiger partial charge in [0.1, 0.15) is 0 Å². The second-order valence-corrected chi connectivity index (χ2v) is 8.40. The summed E-state index contributed by atoms with van der Waals surface area (Å²) in [5.74, 6) is 0.985. The highest BCUT2D eigenvalue weighted by Crippen LogP contribution is 2.25. The van der Waals surface area contributed by atoms with Gasteiger partial charge in [0, 0.05) is 30.6 Å². The second kappa shape index (κ2) is 11.8. The second-order valence-electron chi connectivity index (χ2n) is 8.40. The van der Waals surface area contributed by atoms with E-state index in [1.54, 1.807) is 13.3 Å². The minimum absolute atomic E-state index is 0.0988. The molecule has 10 heteroatoms. The van der Waals surface area contributed by atoms with E-state index in [4.69, 9.17) is 24.5 Å². The van der Waals surface area contributed by atoms with Gasteiger partial charge in [-0.05, 0) is 51.8 Å². The van der Waals surface area contributed by atoms with E-state index in [2.05, 4.69) is 22.2 Å². The summed E-state index contributed by atoms with van der Waals surface area (Å²) in [6.45, 7) is 5.78. The molecule has 1 fully saturated rings. The molecule has 10 nitrogen and oxygen atoms in total. The van der Waals surface area contributed by atoms with Gasteiger partial charge in [-0.15, -0.1) is 0 Å². The van der Waals surface area contributed by atoms with Gasteiger partial charge in [-0.25, -0.2) is 9.67 Å². The number of fused-ring (bicyclic) bond motifs is 1. The first kappa shape index (κ1) is 24.7. The Morgan fingerprint density at radius 3 is 2.85 bits per heavy atom. The number of amides is 1. The van der Waals surface area contributed by atoms with Gasteiger partial charge in [-0.2, -0.15) is 5.10 Å². The number of carboxylic acid groups (broad SMARTS) is 1. The van der Waals surface area contributed by atoms with Crippen LogP contribution in [0.25, 0.3) is 5.69 Å². The van der Waals surface area contributed by atoms with Crippen LogP contribution in [0, 0.1) is 12.8 Å². The summed E-state index contributed by atoms with van der Waals surface area (Å²) in [6, 6.07) is 1.99. The molecule has 2 aromatic rings. The third-order valence-electron chi connectivity index (χ3n) is 6.01. The van der Waals surface area contributed by atoms with Gasteiger partial charge in [-0.1, -0.05) is 0 Å². The predicted octanol–water partition coefficient (Wildman–Crippen LogP) is 1.47. The number of carbonyl (C=O) groups excluding carboxylic acids is 1. The lowest BCUT2D eigenvalue weighted by Crippen LogP contribution is -2.39. The topological polar surface area (TPSA) is 119 Å². The molecule has 2 N–H and O–H groups in total. The number of ether oxygens (including phenoxy) is 2. The number of rotatable bonds is 5. The van der Waals surface area contributed by atoms with Gasteiger partial charge in [-0.3, -0.25) is 9.59 Å². The van der Waals surface area contributed by atoms with Crippen LogP contribution in [0.1, 0.15) is 40.2 Å². The first-order valence-corrected chi connectivity index (χ1v) is 11.2. The Balaban J connectivity index is 0.000000968. The van der Waals surface area contributed by atoms with E-state index in [0.29, 0.717) is 50.1 Å². The molecule has 1 saturated heterocycles. The van der Waals surface area contributed by atoms with E-state index in [-0.39, 0.29) is 12.4 Å². The van der Waals surface area contributed by atoms with Crippen LogP contribution in [-0.4, -0.2) is 84.2 Å². The standard InChI is InChI=1S/C22H31N5O3.CH2O2/c1-15-11-17(13-24-22(15)29-3)27-19-7-10-30-9-6-18(19)20(25-27)21(28)23-12-16-5-4-8-26(2)14-16;2-1-3/h11,13,16H,4-10,12,14H2,1-3H3,(H,23,28);1H,(H,2,3). The Morgan fingerprint density at radius 2 is 2.15 bits per heavy atom. The Labute approximate surface area is 193 Å². The Bertz CT molecular complexity index is 961. The fraction of sp³-hybridized carbons (Fsp3) is 0.565. The van der Waals surface area contributed by atoms with E-state index in [0.717, 1.165) is 42.0 Å². The van der Waals surface area contributed by atoms with Crippen molar-refractivity contribution in [3.63, 3.8) is 0 Å². The largest absolute Gasteiger partial charge is 0.483 e. The Kier molecular flexibility index (Phi) is 8.79. The van der Waals surface area contributed by atoms with Crippen molar-refractivity contribution in [3.8, 4) is 11.6 Å². The van der Waals surface area contributed by atoms with Crippen LogP contribution < -0.4 is 10.1 Å². The Hall–Kier alpha value is -2.98. The SMILES string of the molecule is COc1ncc(-n2nc(C(=O)NCC3CCCN(C)C3)c3c2CCOCC3)cc1C.O=CO. The number of hydrogen-bond acceptors (Lipinski definition) is 7. The highest BCUT2D eigenvalue weighted by Gasteiger charge is 2.26. The Morgan fingerprint density at radius 1 is 1.39 bits per heavy atom. The lowest BCUT2D eigenvalue weighted by atomic mass is 9.98. The minimum atomic E-state index is -0.250. The molecule has 0 aromatic carbocycles. The number of aryl methyl sites for hydroxylation is 1. The fourth-order valence-electron chi connectivity index (χ4n) is 4.48. The first-order valence-electron chi connectivity index (χ1n) is 11.2. The molecule has 180 valence electrons. The highest BCUT2D eigenvalue weighted by molar-refractivity contribution is 5.94. The molecule has 0 saturated carbocycles. The zero-order valence-electron chi connectivity index (χ0n) is 19.5. The summed E-state index contributed by atoms with van der Waals surface area (Å²) in [5.41, 5.74) is 4.28. The average Bonchev–Trinajstić information content (AvgIpc) is 2.99. The van der Waals surface area contributed by atoms with Gasteiger partial charge < -0.3 is 24.8 Å². The predicted molar refractivity (Wildman–Crippen MR) is 122 cm³/mol. The number of aromatic nitrogens is 3. The normalized spacial score (nSPS) is 18.3.